The van der Waals surface area contributed by atoms with Gasteiger partial charge in [-0.3, -0.25) is 0 Å². The Kier molecular flexibility index (Phi) is 4.20. The lowest BCUT2D eigenvalue weighted by Crippen LogP contribution is -2.32. The van der Waals surface area contributed by atoms with E-state index in [2.05, 4.69) is 6.92 Å². The Morgan fingerprint density at radius 1 is 1.08 bits per heavy atom. The van der Waals surface area contributed by atoms with E-state index in [9.17, 15) is 0 Å². The van der Waals surface area contributed by atoms with Crippen LogP contribution in [0.3, 0.4) is 0 Å². The third kappa shape index (κ3) is 2.68. The third-order valence-electron chi connectivity index (χ3n) is 2.61. The van der Waals surface area contributed by atoms with Gasteiger partial charge < -0.3 is 9.47 Å². The molecular weight excluding hydrogens is 164 g/mol. The van der Waals surface area contributed by atoms with Crippen LogP contribution in [0.5, 0.6) is 0 Å². The van der Waals surface area contributed by atoms with Gasteiger partial charge in [0.25, 0.3) is 0 Å². The standard InChI is InChI=1S/C9H16O2.C2H6/c1-8-7-10-9(11-8)5-3-2-4-6-9;1-2/h8H,2-7H2,1H3;1-2H3/t8-;/m0./s1. The summed E-state index contributed by atoms with van der Waals surface area (Å²) in [6.45, 7) is 6.88. The molecule has 1 saturated carbocycles. The van der Waals surface area contributed by atoms with Gasteiger partial charge in [0.2, 0.25) is 0 Å². The van der Waals surface area contributed by atoms with Crippen molar-refractivity contribution in [3.8, 4) is 0 Å². The predicted octanol–water partition coefficient (Wildman–Crippen LogP) is 3.11. The zero-order valence-electron chi connectivity index (χ0n) is 9.14. The minimum absolute atomic E-state index is 0.155. The first-order valence-electron chi connectivity index (χ1n) is 5.63. The fourth-order valence-electron chi connectivity index (χ4n) is 2.06. The van der Waals surface area contributed by atoms with E-state index in [-0.39, 0.29) is 5.79 Å². The first kappa shape index (κ1) is 11.0. The summed E-state index contributed by atoms with van der Waals surface area (Å²) in [5, 5.41) is 0. The SMILES string of the molecule is CC.C[C@H]1COC2(CCCCC2)O1. The quantitative estimate of drug-likeness (QED) is 0.578. The molecule has 2 rings (SSSR count). The van der Waals surface area contributed by atoms with E-state index in [4.69, 9.17) is 9.47 Å². The Labute approximate surface area is 81.6 Å². The van der Waals surface area contributed by atoms with Crippen molar-refractivity contribution in [3.63, 3.8) is 0 Å². The summed E-state index contributed by atoms with van der Waals surface area (Å²) in [4.78, 5) is 0. The van der Waals surface area contributed by atoms with E-state index in [0.29, 0.717) is 6.10 Å². The highest BCUT2D eigenvalue weighted by Crippen LogP contribution is 2.37. The number of ether oxygens (including phenoxy) is 2. The van der Waals surface area contributed by atoms with Crippen LogP contribution < -0.4 is 0 Å². The molecule has 0 aromatic heterocycles. The van der Waals surface area contributed by atoms with Gasteiger partial charge in [-0.15, -0.1) is 0 Å². The van der Waals surface area contributed by atoms with Gasteiger partial charge in [-0.25, -0.2) is 0 Å². The Balaban J connectivity index is 0.000000396. The molecule has 1 atom stereocenters. The summed E-state index contributed by atoms with van der Waals surface area (Å²) in [7, 11) is 0. The molecule has 78 valence electrons. The fraction of sp³-hybridized carbons (Fsp3) is 1.00. The fourth-order valence-corrected chi connectivity index (χ4v) is 2.06. The van der Waals surface area contributed by atoms with Crippen LogP contribution in [0, 0.1) is 0 Å². The van der Waals surface area contributed by atoms with Crippen LogP contribution >= 0.6 is 0 Å². The smallest absolute Gasteiger partial charge is 0.168 e. The normalized spacial score (nSPS) is 31.2. The van der Waals surface area contributed by atoms with Gasteiger partial charge in [-0.05, 0) is 19.8 Å². The summed E-state index contributed by atoms with van der Waals surface area (Å²) in [5.74, 6) is -0.155. The summed E-state index contributed by atoms with van der Waals surface area (Å²) < 4.78 is 11.4. The van der Waals surface area contributed by atoms with Gasteiger partial charge in [0.1, 0.15) is 0 Å². The molecule has 0 aromatic carbocycles. The molecule has 0 aromatic rings. The van der Waals surface area contributed by atoms with Crippen molar-refractivity contribution in [3.05, 3.63) is 0 Å². The van der Waals surface area contributed by atoms with E-state index >= 15 is 0 Å². The topological polar surface area (TPSA) is 18.5 Å². The van der Waals surface area contributed by atoms with E-state index in [0.717, 1.165) is 19.4 Å². The molecule has 2 heteroatoms. The Morgan fingerprint density at radius 2 is 1.69 bits per heavy atom. The molecule has 0 bridgehead atoms. The van der Waals surface area contributed by atoms with E-state index in [1.807, 2.05) is 13.8 Å². The summed E-state index contributed by atoms with van der Waals surface area (Å²) in [6, 6.07) is 0. The van der Waals surface area contributed by atoms with Crippen LogP contribution in [-0.2, 0) is 9.47 Å². The highest BCUT2D eigenvalue weighted by Gasteiger charge is 2.40. The number of rotatable bonds is 0. The Bertz CT molecular complexity index is 134. The largest absolute Gasteiger partial charge is 0.347 e. The van der Waals surface area contributed by atoms with Crippen molar-refractivity contribution in [2.24, 2.45) is 0 Å². The Hall–Kier alpha value is -0.0800. The van der Waals surface area contributed by atoms with E-state index in [1.54, 1.807) is 0 Å². The first-order valence-corrected chi connectivity index (χ1v) is 5.63. The van der Waals surface area contributed by atoms with Crippen molar-refractivity contribution in [1.82, 2.24) is 0 Å². The first-order chi connectivity index (χ1) is 6.31. The van der Waals surface area contributed by atoms with Gasteiger partial charge >= 0.3 is 0 Å². The molecule has 0 radical (unpaired) electrons. The van der Waals surface area contributed by atoms with Crippen molar-refractivity contribution in [1.29, 1.82) is 0 Å². The highest BCUT2D eigenvalue weighted by molar-refractivity contribution is 4.80. The van der Waals surface area contributed by atoms with Gasteiger partial charge in [0, 0.05) is 12.8 Å². The average Bonchev–Trinajstić information content (AvgIpc) is 2.52. The molecule has 13 heavy (non-hydrogen) atoms. The lowest BCUT2D eigenvalue weighted by atomic mass is 9.94. The minimum atomic E-state index is -0.155. The van der Waals surface area contributed by atoms with Crippen LogP contribution in [0.15, 0.2) is 0 Å². The molecule has 0 N–H and O–H groups in total. The predicted molar refractivity (Wildman–Crippen MR) is 53.7 cm³/mol. The zero-order chi connectivity index (χ0) is 9.73. The van der Waals surface area contributed by atoms with E-state index in [1.165, 1.54) is 19.3 Å². The molecule has 1 aliphatic carbocycles. The van der Waals surface area contributed by atoms with Crippen LogP contribution in [-0.4, -0.2) is 18.5 Å². The molecular formula is C11H22O2. The molecule has 1 saturated heterocycles. The van der Waals surface area contributed by atoms with Crippen LogP contribution in [0.4, 0.5) is 0 Å². The van der Waals surface area contributed by atoms with Crippen molar-refractivity contribution < 1.29 is 9.47 Å². The minimum Gasteiger partial charge on any atom is -0.347 e. The summed E-state index contributed by atoms with van der Waals surface area (Å²) in [5.41, 5.74) is 0. The molecule has 1 aliphatic heterocycles. The molecule has 2 fully saturated rings. The van der Waals surface area contributed by atoms with Gasteiger partial charge in [-0.2, -0.15) is 0 Å². The molecule has 1 spiro atoms. The van der Waals surface area contributed by atoms with E-state index < -0.39 is 0 Å². The van der Waals surface area contributed by atoms with Crippen molar-refractivity contribution in [2.45, 2.75) is 64.8 Å². The van der Waals surface area contributed by atoms with Gasteiger partial charge in [0.05, 0.1) is 12.7 Å². The van der Waals surface area contributed by atoms with Crippen molar-refractivity contribution in [2.75, 3.05) is 6.61 Å². The maximum atomic E-state index is 5.77. The summed E-state index contributed by atoms with van der Waals surface area (Å²) in [6.07, 6.45) is 6.42. The highest BCUT2D eigenvalue weighted by atomic mass is 16.7. The van der Waals surface area contributed by atoms with Gasteiger partial charge in [-0.1, -0.05) is 20.3 Å². The molecule has 0 unspecified atom stereocenters. The molecule has 2 aliphatic rings. The second-order valence-electron chi connectivity index (χ2n) is 3.71. The number of hydrogen-bond acceptors (Lipinski definition) is 2. The lowest BCUT2D eigenvalue weighted by Gasteiger charge is -2.31. The van der Waals surface area contributed by atoms with Crippen LogP contribution in [0.1, 0.15) is 52.9 Å². The Morgan fingerprint density at radius 3 is 2.15 bits per heavy atom. The second kappa shape index (κ2) is 4.97. The van der Waals surface area contributed by atoms with Crippen LogP contribution in [0.2, 0.25) is 0 Å². The third-order valence-corrected chi connectivity index (χ3v) is 2.61. The molecule has 2 nitrogen and oxygen atoms in total. The van der Waals surface area contributed by atoms with Crippen LogP contribution in [0.25, 0.3) is 0 Å². The second-order valence-corrected chi connectivity index (χ2v) is 3.71. The summed E-state index contributed by atoms with van der Waals surface area (Å²) >= 11 is 0. The lowest BCUT2D eigenvalue weighted by molar-refractivity contribution is -0.185. The monoisotopic (exact) mass is 186 g/mol. The number of hydrogen-bond donors (Lipinski definition) is 0. The molecule has 0 amide bonds. The zero-order valence-corrected chi connectivity index (χ0v) is 9.14. The van der Waals surface area contributed by atoms with Crippen molar-refractivity contribution >= 4 is 0 Å². The maximum absolute atomic E-state index is 5.77. The maximum Gasteiger partial charge on any atom is 0.168 e. The average molecular weight is 186 g/mol. The van der Waals surface area contributed by atoms with Gasteiger partial charge in [0.15, 0.2) is 5.79 Å². The molecule has 1 heterocycles.